The second-order valence-electron chi connectivity index (χ2n) is 5.15. The molecule has 3 heteroatoms. The first kappa shape index (κ1) is 12.9. The van der Waals surface area contributed by atoms with E-state index in [2.05, 4.69) is 65.2 Å². The molecule has 0 bridgehead atoms. The van der Waals surface area contributed by atoms with Gasteiger partial charge >= 0.3 is 0 Å². The molecular formula is C14H21BrN2. The Bertz CT molecular complexity index is 386. The molecule has 0 aliphatic heterocycles. The van der Waals surface area contributed by atoms with E-state index in [4.69, 9.17) is 0 Å². The van der Waals surface area contributed by atoms with Crippen LogP contribution in [0.25, 0.3) is 0 Å². The van der Waals surface area contributed by atoms with Crippen LogP contribution in [0.3, 0.4) is 0 Å². The first-order valence-corrected chi connectivity index (χ1v) is 7.12. The van der Waals surface area contributed by atoms with Crippen LogP contribution in [0.4, 0.5) is 5.69 Å². The zero-order chi connectivity index (χ0) is 12.4. The second-order valence-corrected chi connectivity index (χ2v) is 6.07. The smallest absolute Gasteiger partial charge is 0.0423 e. The number of hydrogen-bond donors (Lipinski definition) is 1. The Hall–Kier alpha value is -0.540. The molecule has 2 rings (SSSR count). The van der Waals surface area contributed by atoms with Crippen molar-refractivity contribution in [1.29, 1.82) is 0 Å². The normalized spacial score (nSPS) is 15.4. The van der Waals surface area contributed by atoms with Crippen LogP contribution in [0.15, 0.2) is 22.7 Å². The van der Waals surface area contributed by atoms with Gasteiger partial charge in [-0.05, 0) is 30.5 Å². The third-order valence-electron chi connectivity index (χ3n) is 3.22. The van der Waals surface area contributed by atoms with Crippen molar-refractivity contribution in [1.82, 2.24) is 5.32 Å². The maximum Gasteiger partial charge on any atom is 0.0423 e. The first-order chi connectivity index (χ1) is 8.08. The Labute approximate surface area is 113 Å². The van der Waals surface area contributed by atoms with E-state index < -0.39 is 0 Å². The summed E-state index contributed by atoms with van der Waals surface area (Å²) in [6, 6.07) is 7.85. The van der Waals surface area contributed by atoms with Gasteiger partial charge in [-0.2, -0.15) is 0 Å². The Morgan fingerprint density at radius 1 is 1.41 bits per heavy atom. The Balaban J connectivity index is 2.17. The van der Waals surface area contributed by atoms with Gasteiger partial charge in [0.05, 0.1) is 0 Å². The zero-order valence-corrected chi connectivity index (χ0v) is 12.4. The molecule has 1 aliphatic carbocycles. The Morgan fingerprint density at radius 3 is 2.71 bits per heavy atom. The number of benzene rings is 1. The number of hydrogen-bond acceptors (Lipinski definition) is 2. The average molecular weight is 297 g/mol. The molecule has 0 spiro atoms. The van der Waals surface area contributed by atoms with E-state index in [1.807, 2.05) is 0 Å². The maximum absolute atomic E-state index is 3.57. The van der Waals surface area contributed by atoms with E-state index in [0.717, 1.165) is 17.1 Å². The summed E-state index contributed by atoms with van der Waals surface area (Å²) in [5.41, 5.74) is 2.74. The molecule has 1 aromatic rings. The SMILES string of the molecule is CC(C)NCc1ccc(Br)cc1N(C)C1CC1. The molecule has 0 aromatic heterocycles. The van der Waals surface area contributed by atoms with Gasteiger partial charge in [0.25, 0.3) is 0 Å². The van der Waals surface area contributed by atoms with Crippen molar-refractivity contribution in [2.75, 3.05) is 11.9 Å². The van der Waals surface area contributed by atoms with Gasteiger partial charge in [0.15, 0.2) is 0 Å². The van der Waals surface area contributed by atoms with Crippen molar-refractivity contribution < 1.29 is 0 Å². The summed E-state index contributed by atoms with van der Waals surface area (Å²) in [5, 5.41) is 3.49. The molecule has 0 saturated heterocycles. The van der Waals surface area contributed by atoms with Crippen LogP contribution in [-0.4, -0.2) is 19.1 Å². The molecule has 1 saturated carbocycles. The average Bonchev–Trinajstić information content (AvgIpc) is 3.10. The van der Waals surface area contributed by atoms with E-state index >= 15 is 0 Å². The summed E-state index contributed by atoms with van der Waals surface area (Å²) in [6.07, 6.45) is 2.67. The van der Waals surface area contributed by atoms with Crippen molar-refractivity contribution >= 4 is 21.6 Å². The highest BCUT2D eigenvalue weighted by atomic mass is 79.9. The molecule has 1 N–H and O–H groups in total. The summed E-state index contributed by atoms with van der Waals surface area (Å²) in [5.74, 6) is 0. The fourth-order valence-corrected chi connectivity index (χ4v) is 2.34. The molecule has 1 aromatic carbocycles. The molecule has 2 nitrogen and oxygen atoms in total. The van der Waals surface area contributed by atoms with E-state index in [-0.39, 0.29) is 0 Å². The molecule has 1 fully saturated rings. The van der Waals surface area contributed by atoms with Gasteiger partial charge in [0, 0.05) is 35.8 Å². The van der Waals surface area contributed by atoms with Crippen LogP contribution in [0, 0.1) is 0 Å². The predicted octanol–water partition coefficient (Wildman–Crippen LogP) is 3.55. The van der Waals surface area contributed by atoms with Crippen molar-refractivity contribution in [3.05, 3.63) is 28.2 Å². The first-order valence-electron chi connectivity index (χ1n) is 6.32. The molecule has 0 heterocycles. The van der Waals surface area contributed by atoms with Crippen LogP contribution in [0.5, 0.6) is 0 Å². The van der Waals surface area contributed by atoms with Gasteiger partial charge in [0.1, 0.15) is 0 Å². The topological polar surface area (TPSA) is 15.3 Å². The largest absolute Gasteiger partial charge is 0.371 e. The lowest BCUT2D eigenvalue weighted by atomic mass is 10.1. The van der Waals surface area contributed by atoms with Crippen molar-refractivity contribution in [2.24, 2.45) is 0 Å². The molecule has 94 valence electrons. The van der Waals surface area contributed by atoms with Gasteiger partial charge in [0.2, 0.25) is 0 Å². The summed E-state index contributed by atoms with van der Waals surface area (Å²) in [7, 11) is 2.21. The third-order valence-corrected chi connectivity index (χ3v) is 3.72. The lowest BCUT2D eigenvalue weighted by Gasteiger charge is -2.23. The number of rotatable bonds is 5. The highest BCUT2D eigenvalue weighted by Crippen LogP contribution is 2.33. The summed E-state index contributed by atoms with van der Waals surface area (Å²) < 4.78 is 1.16. The van der Waals surface area contributed by atoms with E-state index in [9.17, 15) is 0 Å². The molecule has 1 aliphatic rings. The van der Waals surface area contributed by atoms with E-state index in [1.54, 1.807) is 0 Å². The number of nitrogens with zero attached hydrogens (tertiary/aromatic N) is 1. The van der Waals surface area contributed by atoms with E-state index in [0.29, 0.717) is 6.04 Å². The quantitative estimate of drug-likeness (QED) is 0.894. The van der Waals surface area contributed by atoms with Gasteiger partial charge in [-0.25, -0.2) is 0 Å². The third kappa shape index (κ3) is 3.46. The lowest BCUT2D eigenvalue weighted by molar-refractivity contribution is 0.588. The lowest BCUT2D eigenvalue weighted by Crippen LogP contribution is -2.25. The minimum Gasteiger partial charge on any atom is -0.371 e. The fourth-order valence-electron chi connectivity index (χ4n) is 1.99. The molecule has 0 radical (unpaired) electrons. The van der Waals surface area contributed by atoms with Crippen molar-refractivity contribution in [3.8, 4) is 0 Å². The summed E-state index contributed by atoms with van der Waals surface area (Å²) in [6.45, 7) is 5.31. The minimum absolute atomic E-state index is 0.526. The van der Waals surface area contributed by atoms with Crippen LogP contribution >= 0.6 is 15.9 Å². The molecule has 0 unspecified atom stereocenters. The van der Waals surface area contributed by atoms with Gasteiger partial charge in [-0.15, -0.1) is 0 Å². The Kier molecular flexibility index (Phi) is 4.10. The predicted molar refractivity (Wildman–Crippen MR) is 77.5 cm³/mol. The highest BCUT2D eigenvalue weighted by Gasteiger charge is 2.27. The van der Waals surface area contributed by atoms with Crippen LogP contribution in [0.1, 0.15) is 32.3 Å². The number of anilines is 1. The van der Waals surface area contributed by atoms with Crippen LogP contribution in [-0.2, 0) is 6.54 Å². The summed E-state index contributed by atoms with van der Waals surface area (Å²) >= 11 is 3.57. The van der Waals surface area contributed by atoms with E-state index in [1.165, 1.54) is 24.1 Å². The summed E-state index contributed by atoms with van der Waals surface area (Å²) in [4.78, 5) is 2.42. The van der Waals surface area contributed by atoms with Gasteiger partial charge in [-0.1, -0.05) is 35.8 Å². The van der Waals surface area contributed by atoms with Gasteiger partial charge < -0.3 is 10.2 Å². The fraction of sp³-hybridized carbons (Fsp3) is 0.571. The minimum atomic E-state index is 0.526. The Morgan fingerprint density at radius 2 is 2.12 bits per heavy atom. The zero-order valence-electron chi connectivity index (χ0n) is 10.8. The second kappa shape index (κ2) is 5.40. The standard InChI is InChI=1S/C14H21BrN2/c1-10(2)16-9-11-4-5-12(15)8-14(11)17(3)13-6-7-13/h4-5,8,10,13,16H,6-7,9H2,1-3H3. The number of halogens is 1. The van der Waals surface area contributed by atoms with Crippen LogP contribution < -0.4 is 10.2 Å². The molecule has 0 amide bonds. The van der Waals surface area contributed by atoms with Gasteiger partial charge in [-0.3, -0.25) is 0 Å². The molecular weight excluding hydrogens is 276 g/mol. The number of nitrogens with one attached hydrogen (secondary N) is 1. The monoisotopic (exact) mass is 296 g/mol. The van der Waals surface area contributed by atoms with Crippen molar-refractivity contribution in [3.63, 3.8) is 0 Å². The van der Waals surface area contributed by atoms with Crippen molar-refractivity contribution in [2.45, 2.75) is 45.3 Å². The maximum atomic E-state index is 3.57. The molecule has 0 atom stereocenters. The highest BCUT2D eigenvalue weighted by molar-refractivity contribution is 9.10. The molecule has 17 heavy (non-hydrogen) atoms. The van der Waals surface area contributed by atoms with Crippen LogP contribution in [0.2, 0.25) is 0 Å².